The fourth-order valence-electron chi connectivity index (χ4n) is 0.223. The Bertz CT molecular complexity index is 85.0. The molecule has 0 saturated heterocycles. The Balaban J connectivity index is 2.60. The standard InChI is InChI=1S/C3H2ClN2/c4-3-5-1-2-6-3/h1-2H/q+1. The van der Waals surface area contributed by atoms with E-state index in [2.05, 4.69) is 9.98 Å². The summed E-state index contributed by atoms with van der Waals surface area (Å²) in [5.74, 6) is 0. The molecule has 6 heavy (non-hydrogen) atoms. The molecule has 1 rings (SSSR count). The number of hydrogen-bond donors (Lipinski definition) is 0. The summed E-state index contributed by atoms with van der Waals surface area (Å²) in [6.45, 7) is 0. The van der Waals surface area contributed by atoms with E-state index in [0.717, 1.165) is 0 Å². The van der Waals surface area contributed by atoms with Crippen molar-refractivity contribution in [1.29, 1.82) is 0 Å². The van der Waals surface area contributed by atoms with Gasteiger partial charge in [0.25, 0.3) is 0 Å². The highest BCUT2D eigenvalue weighted by atomic mass is 35.5. The molecule has 0 radical (unpaired) electrons. The lowest BCUT2D eigenvalue weighted by Crippen LogP contribution is -1.61. The third kappa shape index (κ3) is 0.518. The van der Waals surface area contributed by atoms with Gasteiger partial charge in [-0.3, -0.25) is 0 Å². The predicted octanol–water partition coefficient (Wildman–Crippen LogP) is 0.827. The van der Waals surface area contributed by atoms with Gasteiger partial charge in [0, 0.05) is 11.6 Å². The largest absolute Gasteiger partial charge is 0.335 e. The minimum absolute atomic E-state index is 0.315. The Labute approximate surface area is 40.6 Å². The van der Waals surface area contributed by atoms with Crippen molar-refractivity contribution in [2.24, 2.45) is 9.98 Å². The van der Waals surface area contributed by atoms with Gasteiger partial charge in [-0.15, -0.1) is 0 Å². The van der Waals surface area contributed by atoms with Crippen LogP contribution in [0.3, 0.4) is 0 Å². The highest BCUT2D eigenvalue weighted by Gasteiger charge is 2.08. The Kier molecular flexibility index (Phi) is 0.801. The highest BCUT2D eigenvalue weighted by Crippen LogP contribution is 2.09. The summed E-state index contributed by atoms with van der Waals surface area (Å²) < 4.78 is 0. The normalized spacial score (nSPS) is 17.2. The summed E-state index contributed by atoms with van der Waals surface area (Å²) in [5.41, 5.74) is 0.315. The van der Waals surface area contributed by atoms with E-state index in [0.29, 0.717) is 5.62 Å². The van der Waals surface area contributed by atoms with Crippen molar-refractivity contribution >= 4 is 24.0 Å². The number of hydrogen-bond acceptors (Lipinski definition) is 2. The van der Waals surface area contributed by atoms with Crippen LogP contribution in [0.15, 0.2) is 9.98 Å². The maximum absolute atomic E-state index is 5.23. The van der Waals surface area contributed by atoms with Crippen molar-refractivity contribution in [3.63, 3.8) is 0 Å². The predicted molar refractivity (Wildman–Crippen MR) is 26.1 cm³/mol. The molecule has 0 bridgehead atoms. The zero-order valence-corrected chi connectivity index (χ0v) is 3.68. The monoisotopic (exact) mass is 101 g/mol. The van der Waals surface area contributed by atoms with Gasteiger partial charge in [-0.25, -0.2) is 0 Å². The third-order valence-electron chi connectivity index (χ3n) is 0.429. The summed E-state index contributed by atoms with van der Waals surface area (Å²) in [7, 11) is 0. The van der Waals surface area contributed by atoms with E-state index in [1.165, 1.54) is 0 Å². The summed E-state index contributed by atoms with van der Waals surface area (Å²) in [6.07, 6.45) is 3.09. The second kappa shape index (κ2) is 1.30. The molecule has 0 fully saturated rings. The second-order valence-corrected chi connectivity index (χ2v) is 1.16. The Morgan fingerprint density at radius 2 is 1.83 bits per heavy atom. The second-order valence-electron chi connectivity index (χ2n) is 0.825. The minimum Gasteiger partial charge on any atom is -0.0782 e. The van der Waals surface area contributed by atoms with Gasteiger partial charge in [-0.05, 0) is 0 Å². The molecule has 0 spiro atoms. The molecule has 1 aliphatic heterocycles. The van der Waals surface area contributed by atoms with Gasteiger partial charge in [0.1, 0.15) is 0 Å². The number of halogens is 1. The first-order chi connectivity index (χ1) is 2.89. The molecule has 3 heteroatoms. The van der Waals surface area contributed by atoms with Crippen molar-refractivity contribution < 1.29 is 0 Å². The number of nitrogens with zero attached hydrogens (tertiary/aromatic N) is 2. The Morgan fingerprint density at radius 3 is 2.00 bits per heavy atom. The lowest BCUT2D eigenvalue weighted by Gasteiger charge is -1.66. The van der Waals surface area contributed by atoms with E-state index < -0.39 is 0 Å². The van der Waals surface area contributed by atoms with Crippen LogP contribution in [0.25, 0.3) is 0 Å². The van der Waals surface area contributed by atoms with Gasteiger partial charge < -0.3 is 0 Å². The summed E-state index contributed by atoms with van der Waals surface area (Å²) in [4.78, 5) is 7.14. The lowest BCUT2D eigenvalue weighted by molar-refractivity contribution is 1.22. The fourth-order valence-corrected chi connectivity index (χ4v) is 0.336. The van der Waals surface area contributed by atoms with Crippen molar-refractivity contribution in [1.82, 2.24) is 0 Å². The minimum atomic E-state index is 0.315. The van der Waals surface area contributed by atoms with Crippen molar-refractivity contribution in [3.05, 3.63) is 5.62 Å². The van der Waals surface area contributed by atoms with Crippen molar-refractivity contribution in [2.45, 2.75) is 0 Å². The Hall–Kier alpha value is -0.500. The zero-order chi connectivity index (χ0) is 4.41. The molecule has 0 aromatic heterocycles. The molecule has 30 valence electrons. The highest BCUT2D eigenvalue weighted by molar-refractivity contribution is 6.31. The molecular formula is C3H2ClN2+. The summed E-state index contributed by atoms with van der Waals surface area (Å²) in [6, 6.07) is 0. The topological polar surface area (TPSA) is 24.7 Å². The summed E-state index contributed by atoms with van der Waals surface area (Å²) in [5, 5.41) is 0. The number of aliphatic imine (C=N–C) groups is 2. The average molecular weight is 102 g/mol. The molecule has 0 aliphatic carbocycles. The fraction of sp³-hybridized carbons (Fsp3) is 0. The van der Waals surface area contributed by atoms with E-state index in [9.17, 15) is 0 Å². The van der Waals surface area contributed by atoms with E-state index in [1.54, 1.807) is 12.4 Å². The first-order valence-corrected chi connectivity index (χ1v) is 1.86. The van der Waals surface area contributed by atoms with Gasteiger partial charge in [0.15, 0.2) is 12.4 Å². The van der Waals surface area contributed by atoms with E-state index in [4.69, 9.17) is 11.6 Å². The van der Waals surface area contributed by atoms with Gasteiger partial charge in [0.2, 0.25) is 0 Å². The quantitative estimate of drug-likeness (QED) is 0.319. The van der Waals surface area contributed by atoms with Crippen LogP contribution in [-0.2, 0) is 0 Å². The zero-order valence-electron chi connectivity index (χ0n) is 2.93. The third-order valence-corrected chi connectivity index (χ3v) is 0.624. The molecule has 0 saturated carbocycles. The molecule has 0 amide bonds. The van der Waals surface area contributed by atoms with Crippen LogP contribution in [-0.4, -0.2) is 12.4 Å². The van der Waals surface area contributed by atoms with Gasteiger partial charge >= 0.3 is 5.62 Å². The first-order valence-electron chi connectivity index (χ1n) is 1.49. The molecular weight excluding hydrogens is 99.5 g/mol. The average Bonchev–Trinajstić information content (AvgIpc) is 1.86. The lowest BCUT2D eigenvalue weighted by atomic mass is 10.9. The molecule has 0 N–H and O–H groups in total. The molecule has 0 aromatic carbocycles. The first kappa shape index (κ1) is 3.68. The molecule has 0 aromatic rings. The van der Waals surface area contributed by atoms with Gasteiger partial charge in [0.05, 0.1) is 0 Å². The van der Waals surface area contributed by atoms with Crippen LogP contribution in [0.2, 0.25) is 0 Å². The molecule has 0 unspecified atom stereocenters. The smallest absolute Gasteiger partial charge is 0.0782 e. The van der Waals surface area contributed by atoms with E-state index >= 15 is 0 Å². The van der Waals surface area contributed by atoms with Gasteiger partial charge in [-0.1, -0.05) is 9.98 Å². The van der Waals surface area contributed by atoms with Gasteiger partial charge in [-0.2, -0.15) is 0 Å². The van der Waals surface area contributed by atoms with Crippen LogP contribution in [0.1, 0.15) is 0 Å². The Morgan fingerprint density at radius 1 is 1.33 bits per heavy atom. The van der Waals surface area contributed by atoms with Crippen LogP contribution >= 0.6 is 11.6 Å². The molecule has 2 nitrogen and oxygen atoms in total. The molecule has 1 heterocycles. The van der Waals surface area contributed by atoms with Crippen LogP contribution in [0.5, 0.6) is 0 Å². The van der Waals surface area contributed by atoms with Crippen LogP contribution in [0, 0.1) is 5.62 Å². The maximum Gasteiger partial charge on any atom is 0.335 e. The van der Waals surface area contributed by atoms with E-state index in [-0.39, 0.29) is 0 Å². The SMILES string of the molecule is Cl[C+]1N=CC=N1. The molecule has 0 atom stereocenters. The van der Waals surface area contributed by atoms with Crippen molar-refractivity contribution in [2.75, 3.05) is 0 Å². The maximum atomic E-state index is 5.23. The van der Waals surface area contributed by atoms with Crippen LogP contribution in [0.4, 0.5) is 0 Å². The van der Waals surface area contributed by atoms with Crippen LogP contribution < -0.4 is 0 Å². The van der Waals surface area contributed by atoms with Crippen molar-refractivity contribution in [3.8, 4) is 0 Å². The number of rotatable bonds is 0. The van der Waals surface area contributed by atoms with E-state index in [1.807, 2.05) is 0 Å². The summed E-state index contributed by atoms with van der Waals surface area (Å²) >= 11 is 5.23. The molecule has 1 aliphatic rings.